The molecular formula is C22H18ClFN4O2. The van der Waals surface area contributed by atoms with Crippen LogP contribution in [-0.2, 0) is 0 Å². The van der Waals surface area contributed by atoms with E-state index in [4.69, 9.17) is 21.1 Å². The molecule has 3 heterocycles. The SMILES string of the molecule is CNc1cccc2nc(-c3c(F)cccc3Cl)c(Nc3ccc4c(c3)OCCO4)n12. The van der Waals surface area contributed by atoms with Gasteiger partial charge in [0.1, 0.15) is 42.0 Å². The molecule has 0 saturated heterocycles. The number of aromatic nitrogens is 2. The van der Waals surface area contributed by atoms with E-state index in [0.717, 1.165) is 11.5 Å². The van der Waals surface area contributed by atoms with Gasteiger partial charge in [-0.15, -0.1) is 0 Å². The predicted molar refractivity (Wildman–Crippen MR) is 116 cm³/mol. The van der Waals surface area contributed by atoms with Crippen molar-refractivity contribution in [2.75, 3.05) is 30.9 Å². The Labute approximate surface area is 177 Å². The molecule has 0 radical (unpaired) electrons. The first-order valence-corrected chi connectivity index (χ1v) is 9.84. The molecule has 0 atom stereocenters. The summed E-state index contributed by atoms with van der Waals surface area (Å²) in [6.07, 6.45) is 0. The van der Waals surface area contributed by atoms with Gasteiger partial charge in [0.05, 0.1) is 10.6 Å². The van der Waals surface area contributed by atoms with Crippen molar-refractivity contribution in [2.45, 2.75) is 0 Å². The second-order valence-electron chi connectivity index (χ2n) is 6.74. The molecule has 152 valence electrons. The Bertz CT molecular complexity index is 1240. The summed E-state index contributed by atoms with van der Waals surface area (Å²) in [7, 11) is 1.82. The van der Waals surface area contributed by atoms with Crippen molar-refractivity contribution in [1.29, 1.82) is 0 Å². The van der Waals surface area contributed by atoms with Crippen LogP contribution in [0, 0.1) is 5.82 Å². The van der Waals surface area contributed by atoms with Crippen molar-refractivity contribution < 1.29 is 13.9 Å². The summed E-state index contributed by atoms with van der Waals surface area (Å²) in [5.41, 5.74) is 2.05. The molecule has 0 bridgehead atoms. The van der Waals surface area contributed by atoms with Crippen LogP contribution in [0.4, 0.5) is 21.7 Å². The number of fused-ring (bicyclic) bond motifs is 2. The summed E-state index contributed by atoms with van der Waals surface area (Å²) in [6.45, 7) is 1.01. The van der Waals surface area contributed by atoms with E-state index in [-0.39, 0.29) is 10.6 Å². The van der Waals surface area contributed by atoms with Crippen molar-refractivity contribution in [3.63, 3.8) is 0 Å². The summed E-state index contributed by atoms with van der Waals surface area (Å²) in [5.74, 6) is 2.28. The summed E-state index contributed by atoms with van der Waals surface area (Å²) >= 11 is 6.37. The lowest BCUT2D eigenvalue weighted by atomic mass is 10.1. The van der Waals surface area contributed by atoms with Crippen LogP contribution in [0.2, 0.25) is 5.02 Å². The van der Waals surface area contributed by atoms with Gasteiger partial charge >= 0.3 is 0 Å². The van der Waals surface area contributed by atoms with Gasteiger partial charge in [-0.1, -0.05) is 23.7 Å². The number of rotatable bonds is 4. The lowest BCUT2D eigenvalue weighted by Gasteiger charge is -2.19. The third-order valence-electron chi connectivity index (χ3n) is 4.90. The van der Waals surface area contributed by atoms with Crippen molar-refractivity contribution in [3.8, 4) is 22.8 Å². The maximum Gasteiger partial charge on any atom is 0.163 e. The summed E-state index contributed by atoms with van der Waals surface area (Å²) in [4.78, 5) is 4.68. The van der Waals surface area contributed by atoms with Crippen molar-refractivity contribution in [1.82, 2.24) is 9.38 Å². The Morgan fingerprint density at radius 1 is 1.03 bits per heavy atom. The first-order valence-electron chi connectivity index (χ1n) is 9.46. The minimum Gasteiger partial charge on any atom is -0.486 e. The van der Waals surface area contributed by atoms with Crippen molar-refractivity contribution in [2.24, 2.45) is 0 Å². The van der Waals surface area contributed by atoms with E-state index in [1.807, 2.05) is 47.8 Å². The minimum atomic E-state index is -0.442. The van der Waals surface area contributed by atoms with Crippen LogP contribution >= 0.6 is 11.6 Å². The van der Waals surface area contributed by atoms with Gasteiger partial charge in [-0.05, 0) is 36.4 Å². The number of halogens is 2. The summed E-state index contributed by atoms with van der Waals surface area (Å²) in [5, 5.41) is 6.81. The third-order valence-corrected chi connectivity index (χ3v) is 5.22. The molecule has 0 fully saturated rings. The van der Waals surface area contributed by atoms with Crippen LogP contribution in [-0.4, -0.2) is 29.6 Å². The first kappa shape index (κ1) is 18.6. The average molecular weight is 425 g/mol. The second-order valence-corrected chi connectivity index (χ2v) is 7.15. The molecule has 0 saturated carbocycles. The Morgan fingerprint density at radius 3 is 2.63 bits per heavy atom. The van der Waals surface area contributed by atoms with Crippen LogP contribution in [0.25, 0.3) is 16.9 Å². The maximum atomic E-state index is 14.8. The van der Waals surface area contributed by atoms with E-state index >= 15 is 0 Å². The summed E-state index contributed by atoms with van der Waals surface area (Å²) < 4.78 is 27.9. The molecule has 5 rings (SSSR count). The number of ether oxygens (including phenoxy) is 2. The number of hydrogen-bond acceptors (Lipinski definition) is 5. The molecule has 1 aliphatic rings. The smallest absolute Gasteiger partial charge is 0.163 e. The quantitative estimate of drug-likeness (QED) is 0.462. The largest absolute Gasteiger partial charge is 0.486 e. The predicted octanol–water partition coefficient (Wildman–Crippen LogP) is 5.35. The number of nitrogens with one attached hydrogen (secondary N) is 2. The van der Waals surface area contributed by atoms with E-state index in [0.29, 0.717) is 41.9 Å². The van der Waals surface area contributed by atoms with Gasteiger partial charge in [-0.2, -0.15) is 0 Å². The Morgan fingerprint density at radius 2 is 1.83 bits per heavy atom. The fraction of sp³-hybridized carbons (Fsp3) is 0.136. The maximum absolute atomic E-state index is 14.8. The van der Waals surface area contributed by atoms with Gasteiger partial charge in [0.25, 0.3) is 0 Å². The lowest BCUT2D eigenvalue weighted by Crippen LogP contribution is -2.15. The highest BCUT2D eigenvalue weighted by molar-refractivity contribution is 6.33. The fourth-order valence-electron chi connectivity index (χ4n) is 3.56. The topological polar surface area (TPSA) is 59.8 Å². The zero-order valence-electron chi connectivity index (χ0n) is 16.1. The van der Waals surface area contributed by atoms with E-state index < -0.39 is 5.82 Å². The van der Waals surface area contributed by atoms with Crippen molar-refractivity contribution >= 4 is 34.6 Å². The van der Waals surface area contributed by atoms with Gasteiger partial charge in [-0.25, -0.2) is 9.37 Å². The van der Waals surface area contributed by atoms with E-state index in [9.17, 15) is 4.39 Å². The van der Waals surface area contributed by atoms with Gasteiger partial charge < -0.3 is 20.1 Å². The zero-order valence-corrected chi connectivity index (χ0v) is 16.8. The molecule has 0 amide bonds. The fourth-order valence-corrected chi connectivity index (χ4v) is 3.81. The third kappa shape index (κ3) is 3.07. The second kappa shape index (κ2) is 7.42. The Hall–Kier alpha value is -3.45. The minimum absolute atomic E-state index is 0.241. The molecule has 2 aromatic heterocycles. The van der Waals surface area contributed by atoms with E-state index in [2.05, 4.69) is 15.6 Å². The lowest BCUT2D eigenvalue weighted by molar-refractivity contribution is 0.171. The van der Waals surface area contributed by atoms with Gasteiger partial charge in [0, 0.05) is 18.8 Å². The average Bonchev–Trinajstić information content (AvgIpc) is 3.11. The molecule has 0 aliphatic carbocycles. The number of nitrogens with zero attached hydrogens (tertiary/aromatic N) is 2. The highest BCUT2D eigenvalue weighted by Gasteiger charge is 2.22. The zero-order chi connectivity index (χ0) is 20.7. The molecule has 0 spiro atoms. The molecule has 30 heavy (non-hydrogen) atoms. The molecule has 0 unspecified atom stereocenters. The van der Waals surface area contributed by atoms with Crippen LogP contribution in [0.3, 0.4) is 0 Å². The number of hydrogen-bond donors (Lipinski definition) is 2. The van der Waals surface area contributed by atoms with Gasteiger partial charge in [0.2, 0.25) is 0 Å². The first-order chi connectivity index (χ1) is 14.7. The molecule has 8 heteroatoms. The van der Waals surface area contributed by atoms with Crippen LogP contribution in [0.15, 0.2) is 54.6 Å². The Balaban J connectivity index is 1.71. The monoisotopic (exact) mass is 424 g/mol. The molecule has 2 aromatic carbocycles. The van der Waals surface area contributed by atoms with Gasteiger partial charge in [0.15, 0.2) is 11.5 Å². The van der Waals surface area contributed by atoms with Crippen LogP contribution < -0.4 is 20.1 Å². The molecule has 1 aliphatic heterocycles. The number of imidazole rings is 1. The highest BCUT2D eigenvalue weighted by atomic mass is 35.5. The molecule has 6 nitrogen and oxygen atoms in total. The summed E-state index contributed by atoms with van der Waals surface area (Å²) in [6, 6.07) is 15.8. The van der Waals surface area contributed by atoms with Crippen LogP contribution in [0.1, 0.15) is 0 Å². The number of anilines is 3. The van der Waals surface area contributed by atoms with E-state index in [1.165, 1.54) is 6.07 Å². The van der Waals surface area contributed by atoms with Crippen LogP contribution in [0.5, 0.6) is 11.5 Å². The number of pyridine rings is 1. The highest BCUT2D eigenvalue weighted by Crippen LogP contribution is 2.40. The molecule has 4 aromatic rings. The van der Waals surface area contributed by atoms with Gasteiger partial charge in [-0.3, -0.25) is 4.40 Å². The Kier molecular flexibility index (Phi) is 4.59. The normalized spacial score (nSPS) is 12.8. The standard InChI is InChI=1S/C22H18ClFN4O2/c1-25-18-6-3-7-19-27-21(20-14(23)4-2-5-15(20)24)22(28(18)19)26-13-8-9-16-17(12-13)30-11-10-29-16/h2-9,12,25-26H,10-11H2,1H3. The molecule has 2 N–H and O–H groups in total. The van der Waals surface area contributed by atoms with E-state index in [1.54, 1.807) is 12.1 Å². The molecular weight excluding hydrogens is 407 g/mol. The van der Waals surface area contributed by atoms with Crippen molar-refractivity contribution in [3.05, 3.63) is 65.4 Å². The number of benzene rings is 2.